The number of nitrogens with zero attached hydrogens (tertiary/aromatic N) is 1. The number of carbonyl (C=O) groups is 2. The van der Waals surface area contributed by atoms with E-state index in [-0.39, 0.29) is 17.9 Å². The lowest BCUT2D eigenvalue weighted by Crippen LogP contribution is -2.41. The zero-order valence-electron chi connectivity index (χ0n) is 10.1. The molecule has 1 rings (SSSR count). The summed E-state index contributed by atoms with van der Waals surface area (Å²) in [5, 5.41) is 24.1. The molecule has 0 unspecified atom stereocenters. The van der Waals surface area contributed by atoms with Gasteiger partial charge in [0.1, 0.15) is 11.7 Å². The maximum absolute atomic E-state index is 11.4. The lowest BCUT2D eigenvalue weighted by atomic mass is 10.2. The van der Waals surface area contributed by atoms with E-state index in [0.717, 1.165) is 0 Å². The predicted molar refractivity (Wildman–Crippen MR) is 66.8 cm³/mol. The van der Waals surface area contributed by atoms with Crippen molar-refractivity contribution in [2.24, 2.45) is 0 Å². The highest BCUT2D eigenvalue weighted by Crippen LogP contribution is 2.22. The molecule has 0 bridgehead atoms. The molecule has 0 aliphatic rings. The highest BCUT2D eigenvalue weighted by atomic mass is 16.6. The van der Waals surface area contributed by atoms with Crippen LogP contribution in [-0.4, -0.2) is 34.5 Å². The third-order valence-corrected chi connectivity index (χ3v) is 2.29. The maximum atomic E-state index is 11.4. The van der Waals surface area contributed by atoms with Crippen LogP contribution < -0.4 is 10.6 Å². The van der Waals surface area contributed by atoms with Crippen LogP contribution in [0.3, 0.4) is 0 Å². The molecule has 0 spiro atoms. The second kappa shape index (κ2) is 6.34. The van der Waals surface area contributed by atoms with E-state index in [2.05, 4.69) is 10.6 Å². The number of nitro groups is 1. The molecule has 0 saturated carbocycles. The minimum Gasteiger partial charge on any atom is -0.480 e. The summed E-state index contributed by atoms with van der Waals surface area (Å²) in [5.41, 5.74) is 0.0483. The molecule has 19 heavy (non-hydrogen) atoms. The standard InChI is InChI=1S/C11H13N3O5/c1-7(11(16)17)13-10(15)6-12-8-4-2-3-5-9(8)14(18)19/h2-5,7,12H,6H2,1H3,(H,13,15)(H,16,17)/t7-/m1/s1. The minimum absolute atomic E-state index is 0.151. The summed E-state index contributed by atoms with van der Waals surface area (Å²) in [4.78, 5) is 32.1. The normalized spacial score (nSPS) is 11.4. The maximum Gasteiger partial charge on any atom is 0.325 e. The molecule has 0 fully saturated rings. The van der Waals surface area contributed by atoms with Gasteiger partial charge in [-0.3, -0.25) is 19.7 Å². The number of nitro benzene ring substituents is 1. The Morgan fingerprint density at radius 1 is 1.42 bits per heavy atom. The molecule has 8 nitrogen and oxygen atoms in total. The first-order valence-electron chi connectivity index (χ1n) is 5.41. The third-order valence-electron chi connectivity index (χ3n) is 2.29. The van der Waals surface area contributed by atoms with Gasteiger partial charge >= 0.3 is 5.97 Å². The Labute approximate surface area is 108 Å². The smallest absolute Gasteiger partial charge is 0.325 e. The Morgan fingerprint density at radius 3 is 2.63 bits per heavy atom. The summed E-state index contributed by atoms with van der Waals surface area (Å²) in [6, 6.07) is 4.86. The molecule has 3 N–H and O–H groups in total. The molecular formula is C11H13N3O5. The largest absolute Gasteiger partial charge is 0.480 e. The monoisotopic (exact) mass is 267 g/mol. The van der Waals surface area contributed by atoms with Crippen molar-refractivity contribution in [1.29, 1.82) is 0 Å². The van der Waals surface area contributed by atoms with Crippen molar-refractivity contribution in [3.05, 3.63) is 34.4 Å². The molecule has 0 radical (unpaired) electrons. The lowest BCUT2D eigenvalue weighted by Gasteiger charge is -2.10. The van der Waals surface area contributed by atoms with Gasteiger partial charge in [0.15, 0.2) is 0 Å². The molecule has 8 heteroatoms. The number of nitrogens with one attached hydrogen (secondary N) is 2. The molecule has 0 aromatic heterocycles. The first kappa shape index (κ1) is 14.4. The fourth-order valence-electron chi connectivity index (χ4n) is 1.31. The number of hydrogen-bond donors (Lipinski definition) is 3. The van der Waals surface area contributed by atoms with Gasteiger partial charge in [-0.25, -0.2) is 0 Å². The van der Waals surface area contributed by atoms with Gasteiger partial charge in [-0.2, -0.15) is 0 Å². The number of carboxylic acids is 1. The summed E-state index contributed by atoms with van der Waals surface area (Å²) in [6.07, 6.45) is 0. The van der Waals surface area contributed by atoms with E-state index in [4.69, 9.17) is 5.11 Å². The zero-order valence-corrected chi connectivity index (χ0v) is 10.1. The van der Waals surface area contributed by atoms with E-state index in [1.807, 2.05) is 0 Å². The van der Waals surface area contributed by atoms with Gasteiger partial charge < -0.3 is 15.7 Å². The van der Waals surface area contributed by atoms with Crippen molar-refractivity contribution in [3.8, 4) is 0 Å². The Balaban J connectivity index is 2.60. The van der Waals surface area contributed by atoms with Crippen LogP contribution >= 0.6 is 0 Å². The fraction of sp³-hybridized carbons (Fsp3) is 0.273. The molecular weight excluding hydrogens is 254 g/mol. The molecule has 1 aromatic rings. The van der Waals surface area contributed by atoms with Crippen molar-refractivity contribution in [3.63, 3.8) is 0 Å². The van der Waals surface area contributed by atoms with Gasteiger partial charge in [0.2, 0.25) is 5.91 Å². The van der Waals surface area contributed by atoms with Crippen LogP contribution in [0.1, 0.15) is 6.92 Å². The summed E-state index contributed by atoms with van der Waals surface area (Å²) in [5.74, 6) is -1.72. The third kappa shape index (κ3) is 4.26. The molecule has 1 aromatic carbocycles. The van der Waals surface area contributed by atoms with Crippen LogP contribution in [0, 0.1) is 10.1 Å². The molecule has 0 saturated heterocycles. The van der Waals surface area contributed by atoms with Crippen molar-refractivity contribution in [1.82, 2.24) is 5.32 Å². The summed E-state index contributed by atoms with van der Waals surface area (Å²) < 4.78 is 0. The van der Waals surface area contributed by atoms with Crippen molar-refractivity contribution < 1.29 is 19.6 Å². The number of amides is 1. The number of aliphatic carboxylic acids is 1. The average Bonchev–Trinajstić information content (AvgIpc) is 2.36. The Morgan fingerprint density at radius 2 is 2.05 bits per heavy atom. The van der Waals surface area contributed by atoms with Crippen LogP contribution in [0.4, 0.5) is 11.4 Å². The van der Waals surface area contributed by atoms with E-state index < -0.39 is 22.8 Å². The summed E-state index contributed by atoms with van der Waals surface area (Å²) in [7, 11) is 0. The summed E-state index contributed by atoms with van der Waals surface area (Å²) >= 11 is 0. The van der Waals surface area contributed by atoms with Gasteiger partial charge in [-0.1, -0.05) is 12.1 Å². The number of hydrogen-bond acceptors (Lipinski definition) is 5. The van der Waals surface area contributed by atoms with E-state index in [1.165, 1.54) is 25.1 Å². The quantitative estimate of drug-likeness (QED) is 0.512. The van der Waals surface area contributed by atoms with Gasteiger partial charge in [-0.15, -0.1) is 0 Å². The van der Waals surface area contributed by atoms with Crippen LogP contribution in [0.15, 0.2) is 24.3 Å². The predicted octanol–water partition coefficient (Wildman–Crippen LogP) is 0.596. The second-order valence-corrected chi connectivity index (χ2v) is 3.76. The van der Waals surface area contributed by atoms with Gasteiger partial charge in [0, 0.05) is 6.07 Å². The molecule has 0 aliphatic carbocycles. The minimum atomic E-state index is -1.15. The molecule has 1 atom stereocenters. The molecule has 102 valence electrons. The number of rotatable bonds is 6. The zero-order chi connectivity index (χ0) is 14.4. The van der Waals surface area contributed by atoms with E-state index >= 15 is 0 Å². The Bertz CT molecular complexity index is 503. The fourth-order valence-corrected chi connectivity index (χ4v) is 1.31. The van der Waals surface area contributed by atoms with Crippen LogP contribution in [0.5, 0.6) is 0 Å². The Kier molecular flexibility index (Phi) is 4.81. The topological polar surface area (TPSA) is 122 Å². The second-order valence-electron chi connectivity index (χ2n) is 3.76. The van der Waals surface area contributed by atoms with E-state index in [9.17, 15) is 19.7 Å². The van der Waals surface area contributed by atoms with Crippen molar-refractivity contribution in [2.45, 2.75) is 13.0 Å². The number of benzene rings is 1. The Hall–Kier alpha value is -2.64. The molecule has 0 heterocycles. The van der Waals surface area contributed by atoms with E-state index in [1.54, 1.807) is 6.07 Å². The number of para-hydroxylation sites is 2. The summed E-state index contributed by atoms with van der Waals surface area (Å²) in [6.45, 7) is 1.08. The SMILES string of the molecule is C[C@@H](NC(=O)CNc1ccccc1[N+](=O)[O-])C(=O)O. The van der Waals surface area contributed by atoms with Gasteiger partial charge in [-0.05, 0) is 13.0 Å². The molecule has 1 amide bonds. The highest BCUT2D eigenvalue weighted by Gasteiger charge is 2.16. The van der Waals surface area contributed by atoms with Gasteiger partial charge in [0.25, 0.3) is 5.69 Å². The van der Waals surface area contributed by atoms with Crippen LogP contribution in [0.2, 0.25) is 0 Å². The first-order valence-corrected chi connectivity index (χ1v) is 5.41. The van der Waals surface area contributed by atoms with E-state index in [0.29, 0.717) is 0 Å². The highest BCUT2D eigenvalue weighted by molar-refractivity contribution is 5.86. The van der Waals surface area contributed by atoms with Crippen molar-refractivity contribution >= 4 is 23.3 Å². The lowest BCUT2D eigenvalue weighted by molar-refractivity contribution is -0.383. The first-order chi connectivity index (χ1) is 8.91. The van der Waals surface area contributed by atoms with Gasteiger partial charge in [0.05, 0.1) is 11.5 Å². The number of carboxylic acid groups (broad SMARTS) is 1. The average molecular weight is 267 g/mol. The molecule has 0 aliphatic heterocycles. The van der Waals surface area contributed by atoms with Crippen molar-refractivity contribution in [2.75, 3.05) is 11.9 Å². The number of carbonyl (C=O) groups excluding carboxylic acids is 1. The number of anilines is 1. The van der Waals surface area contributed by atoms with Crippen LogP contribution in [0.25, 0.3) is 0 Å². The van der Waals surface area contributed by atoms with Crippen LogP contribution in [-0.2, 0) is 9.59 Å².